The molecule has 21 heavy (non-hydrogen) atoms. The van der Waals surface area contributed by atoms with Crippen LogP contribution in [-0.2, 0) is 4.74 Å². The Morgan fingerprint density at radius 1 is 1.10 bits per heavy atom. The third-order valence-corrected chi connectivity index (χ3v) is 5.64. The van der Waals surface area contributed by atoms with Gasteiger partial charge < -0.3 is 19.9 Å². The molecule has 0 saturated carbocycles. The van der Waals surface area contributed by atoms with Crippen molar-refractivity contribution in [1.82, 2.24) is 15.1 Å². The van der Waals surface area contributed by atoms with Gasteiger partial charge in [-0.15, -0.1) is 0 Å². The summed E-state index contributed by atoms with van der Waals surface area (Å²) in [5.41, 5.74) is 0. The van der Waals surface area contributed by atoms with Gasteiger partial charge in [-0.3, -0.25) is 0 Å². The number of hydrogen-bond donors (Lipinski definition) is 1. The third-order valence-electron chi connectivity index (χ3n) is 5.64. The first kappa shape index (κ1) is 15.7. The highest BCUT2D eigenvalue weighted by molar-refractivity contribution is 4.88. The van der Waals surface area contributed by atoms with E-state index in [-0.39, 0.29) is 0 Å². The SMILES string of the molecule is C[C@@H]1CN(C[C@H]2CCCO2)CC[C@@H]1NC1CCN(C)CC1. The van der Waals surface area contributed by atoms with E-state index in [0.29, 0.717) is 6.10 Å². The number of rotatable bonds is 4. The van der Waals surface area contributed by atoms with Gasteiger partial charge in [0, 0.05) is 31.8 Å². The first-order valence-corrected chi connectivity index (χ1v) is 8.99. The van der Waals surface area contributed by atoms with Crippen molar-refractivity contribution in [1.29, 1.82) is 0 Å². The number of piperidine rings is 2. The minimum Gasteiger partial charge on any atom is -0.377 e. The molecule has 0 aliphatic carbocycles. The van der Waals surface area contributed by atoms with E-state index in [4.69, 9.17) is 4.74 Å². The fourth-order valence-electron chi connectivity index (χ4n) is 4.20. The highest BCUT2D eigenvalue weighted by Gasteiger charge is 2.30. The first-order chi connectivity index (χ1) is 10.2. The molecule has 1 N–H and O–H groups in total. The van der Waals surface area contributed by atoms with Gasteiger partial charge in [0.25, 0.3) is 0 Å². The van der Waals surface area contributed by atoms with Crippen LogP contribution in [0.15, 0.2) is 0 Å². The molecule has 3 heterocycles. The van der Waals surface area contributed by atoms with Crippen LogP contribution >= 0.6 is 0 Å². The van der Waals surface area contributed by atoms with Crippen LogP contribution in [0.1, 0.15) is 39.0 Å². The van der Waals surface area contributed by atoms with E-state index in [1.807, 2.05) is 0 Å². The molecular weight excluding hydrogens is 262 g/mol. The maximum Gasteiger partial charge on any atom is 0.0702 e. The lowest BCUT2D eigenvalue weighted by molar-refractivity contribution is 0.0488. The van der Waals surface area contributed by atoms with Crippen molar-refractivity contribution in [3.8, 4) is 0 Å². The van der Waals surface area contributed by atoms with Crippen LogP contribution in [0.3, 0.4) is 0 Å². The van der Waals surface area contributed by atoms with E-state index >= 15 is 0 Å². The molecule has 0 aromatic carbocycles. The largest absolute Gasteiger partial charge is 0.377 e. The van der Waals surface area contributed by atoms with Gasteiger partial charge in [0.15, 0.2) is 0 Å². The topological polar surface area (TPSA) is 27.7 Å². The van der Waals surface area contributed by atoms with E-state index in [1.165, 1.54) is 58.3 Å². The lowest BCUT2D eigenvalue weighted by Gasteiger charge is -2.41. The quantitative estimate of drug-likeness (QED) is 0.852. The van der Waals surface area contributed by atoms with Gasteiger partial charge in [0.05, 0.1) is 6.10 Å². The summed E-state index contributed by atoms with van der Waals surface area (Å²) in [6.45, 7) is 9.56. The number of nitrogens with zero attached hydrogens (tertiary/aromatic N) is 2. The molecule has 3 fully saturated rings. The molecule has 0 aromatic heterocycles. The summed E-state index contributed by atoms with van der Waals surface area (Å²) >= 11 is 0. The minimum absolute atomic E-state index is 0.510. The summed E-state index contributed by atoms with van der Waals surface area (Å²) in [6.07, 6.45) is 6.98. The summed E-state index contributed by atoms with van der Waals surface area (Å²) in [6, 6.07) is 1.47. The fourth-order valence-corrected chi connectivity index (χ4v) is 4.20. The number of ether oxygens (including phenoxy) is 1. The lowest BCUT2D eigenvalue weighted by Crippen LogP contribution is -2.53. The van der Waals surface area contributed by atoms with Crippen LogP contribution in [0, 0.1) is 5.92 Å². The second-order valence-corrected chi connectivity index (χ2v) is 7.51. The fraction of sp³-hybridized carbons (Fsp3) is 1.00. The Bertz CT molecular complexity index is 311. The van der Waals surface area contributed by atoms with Gasteiger partial charge in [-0.05, 0) is 64.7 Å². The predicted octanol–water partition coefficient (Wildman–Crippen LogP) is 1.56. The Kier molecular flexibility index (Phi) is 5.54. The van der Waals surface area contributed by atoms with Gasteiger partial charge in [-0.25, -0.2) is 0 Å². The zero-order valence-electron chi connectivity index (χ0n) is 13.9. The summed E-state index contributed by atoms with van der Waals surface area (Å²) in [7, 11) is 2.24. The maximum atomic E-state index is 5.79. The molecule has 0 radical (unpaired) electrons. The monoisotopic (exact) mass is 295 g/mol. The molecule has 3 atom stereocenters. The Morgan fingerprint density at radius 2 is 1.90 bits per heavy atom. The average molecular weight is 295 g/mol. The van der Waals surface area contributed by atoms with Crippen molar-refractivity contribution in [2.45, 2.75) is 57.2 Å². The predicted molar refractivity (Wildman–Crippen MR) is 86.6 cm³/mol. The molecule has 0 spiro atoms. The summed E-state index contributed by atoms with van der Waals surface area (Å²) in [5, 5.41) is 3.96. The zero-order chi connectivity index (χ0) is 14.7. The van der Waals surface area contributed by atoms with Crippen LogP contribution in [0.5, 0.6) is 0 Å². The smallest absolute Gasteiger partial charge is 0.0702 e. The van der Waals surface area contributed by atoms with Crippen molar-refractivity contribution < 1.29 is 4.74 Å². The molecule has 3 aliphatic heterocycles. The van der Waals surface area contributed by atoms with Gasteiger partial charge in [-0.2, -0.15) is 0 Å². The van der Waals surface area contributed by atoms with Gasteiger partial charge in [-0.1, -0.05) is 6.92 Å². The molecule has 4 heteroatoms. The summed E-state index contributed by atoms with van der Waals surface area (Å²) in [5.74, 6) is 0.764. The van der Waals surface area contributed by atoms with E-state index in [1.54, 1.807) is 0 Å². The molecule has 0 aromatic rings. The van der Waals surface area contributed by atoms with Crippen LogP contribution in [0.4, 0.5) is 0 Å². The lowest BCUT2D eigenvalue weighted by atomic mass is 9.91. The van der Waals surface area contributed by atoms with E-state index in [9.17, 15) is 0 Å². The summed E-state index contributed by atoms with van der Waals surface area (Å²) in [4.78, 5) is 5.08. The highest BCUT2D eigenvalue weighted by Crippen LogP contribution is 2.22. The van der Waals surface area contributed by atoms with E-state index < -0.39 is 0 Å². The molecule has 3 saturated heterocycles. The van der Waals surface area contributed by atoms with Crippen molar-refractivity contribution in [3.05, 3.63) is 0 Å². The Labute approximate surface area is 130 Å². The number of hydrogen-bond acceptors (Lipinski definition) is 4. The average Bonchev–Trinajstić information content (AvgIpc) is 2.97. The van der Waals surface area contributed by atoms with Crippen LogP contribution in [0.2, 0.25) is 0 Å². The second-order valence-electron chi connectivity index (χ2n) is 7.51. The van der Waals surface area contributed by atoms with Gasteiger partial charge >= 0.3 is 0 Å². The highest BCUT2D eigenvalue weighted by atomic mass is 16.5. The molecule has 3 aliphatic rings. The molecular formula is C17H33N3O. The second kappa shape index (κ2) is 7.40. The van der Waals surface area contributed by atoms with Crippen molar-refractivity contribution in [2.75, 3.05) is 46.4 Å². The Hall–Kier alpha value is -0.160. The molecule has 0 unspecified atom stereocenters. The zero-order valence-corrected chi connectivity index (χ0v) is 13.9. The van der Waals surface area contributed by atoms with Crippen LogP contribution in [0.25, 0.3) is 0 Å². The van der Waals surface area contributed by atoms with E-state index in [0.717, 1.165) is 31.2 Å². The molecule has 0 amide bonds. The normalized spacial score (nSPS) is 37.1. The van der Waals surface area contributed by atoms with Crippen LogP contribution < -0.4 is 5.32 Å². The summed E-state index contributed by atoms with van der Waals surface area (Å²) < 4.78 is 5.79. The molecule has 0 bridgehead atoms. The Morgan fingerprint density at radius 3 is 2.57 bits per heavy atom. The minimum atomic E-state index is 0.510. The standard InChI is InChI=1S/C17H33N3O/c1-14-12-20(13-16-4-3-11-21-16)10-7-17(14)18-15-5-8-19(2)9-6-15/h14-18H,3-13H2,1-2H3/t14-,16-,17+/m1/s1. The Balaban J connectivity index is 1.40. The van der Waals surface area contributed by atoms with Gasteiger partial charge in [0.1, 0.15) is 0 Å². The molecule has 122 valence electrons. The van der Waals surface area contributed by atoms with Crippen molar-refractivity contribution >= 4 is 0 Å². The van der Waals surface area contributed by atoms with Crippen LogP contribution in [-0.4, -0.2) is 74.4 Å². The molecule has 4 nitrogen and oxygen atoms in total. The van der Waals surface area contributed by atoms with E-state index in [2.05, 4.69) is 29.1 Å². The third kappa shape index (κ3) is 4.41. The van der Waals surface area contributed by atoms with Crippen molar-refractivity contribution in [2.24, 2.45) is 5.92 Å². The first-order valence-electron chi connectivity index (χ1n) is 8.99. The maximum absolute atomic E-state index is 5.79. The number of nitrogens with one attached hydrogen (secondary N) is 1. The van der Waals surface area contributed by atoms with Crippen molar-refractivity contribution in [3.63, 3.8) is 0 Å². The number of likely N-dealkylation sites (tertiary alicyclic amines) is 2. The molecule has 3 rings (SSSR count). The van der Waals surface area contributed by atoms with Gasteiger partial charge in [0.2, 0.25) is 0 Å².